The molecule has 0 atom stereocenters. The average Bonchev–Trinajstić information content (AvgIpc) is 2.84. The van der Waals surface area contributed by atoms with Crippen LogP contribution < -0.4 is 16.0 Å². The summed E-state index contributed by atoms with van der Waals surface area (Å²) in [5.74, 6) is 1.52. The van der Waals surface area contributed by atoms with Crippen molar-refractivity contribution in [1.29, 1.82) is 0 Å². The Kier molecular flexibility index (Phi) is 7.75. The molecule has 8 heteroatoms. The average molecular weight is 451 g/mol. The maximum atomic E-state index is 13.0. The number of nitrogens with one attached hydrogen (secondary N) is 3. The summed E-state index contributed by atoms with van der Waals surface area (Å²) in [5, 5.41) is 9.50. The van der Waals surface area contributed by atoms with E-state index in [1.165, 1.54) is 19.3 Å². The first kappa shape index (κ1) is 23.0. The summed E-state index contributed by atoms with van der Waals surface area (Å²) in [7, 11) is 0. The Morgan fingerprint density at radius 1 is 1.00 bits per heavy atom. The zero-order chi connectivity index (χ0) is 23.0. The molecular formula is C25H34N6O2. The Bertz CT molecular complexity index is 951. The maximum Gasteiger partial charge on any atom is 0.315 e. The number of hydrogen-bond donors (Lipinski definition) is 3. The molecule has 0 unspecified atom stereocenters. The third-order valence-corrected chi connectivity index (χ3v) is 6.48. The van der Waals surface area contributed by atoms with Gasteiger partial charge in [0.05, 0.1) is 0 Å². The number of hydrogen-bond acceptors (Lipinski definition) is 5. The summed E-state index contributed by atoms with van der Waals surface area (Å²) in [6.45, 7) is 3.73. The topological polar surface area (TPSA) is 99.3 Å². The van der Waals surface area contributed by atoms with Crippen LogP contribution in [0.25, 0.3) is 0 Å². The highest BCUT2D eigenvalue weighted by Crippen LogP contribution is 2.18. The summed E-state index contributed by atoms with van der Waals surface area (Å²) in [5.41, 5.74) is 1.71. The molecule has 1 aliphatic carbocycles. The van der Waals surface area contributed by atoms with Crippen molar-refractivity contribution >= 4 is 17.8 Å². The first-order chi connectivity index (χ1) is 16.1. The summed E-state index contributed by atoms with van der Waals surface area (Å²) < 4.78 is 0. The van der Waals surface area contributed by atoms with Crippen LogP contribution in [-0.2, 0) is 6.54 Å². The molecule has 3 N–H and O–H groups in total. The molecule has 2 heterocycles. The van der Waals surface area contributed by atoms with Crippen LogP contribution in [0, 0.1) is 6.92 Å². The molecule has 1 saturated carbocycles. The second kappa shape index (κ2) is 11.1. The van der Waals surface area contributed by atoms with Gasteiger partial charge in [-0.3, -0.25) is 4.79 Å². The van der Waals surface area contributed by atoms with Crippen LogP contribution in [0.15, 0.2) is 36.5 Å². The Hall–Kier alpha value is -3.16. The van der Waals surface area contributed by atoms with Crippen molar-refractivity contribution in [3.63, 3.8) is 0 Å². The van der Waals surface area contributed by atoms with Crippen LogP contribution in [0.3, 0.4) is 0 Å². The van der Waals surface area contributed by atoms with E-state index in [0.29, 0.717) is 37.1 Å². The van der Waals surface area contributed by atoms with Gasteiger partial charge in [-0.15, -0.1) is 0 Å². The van der Waals surface area contributed by atoms with Crippen molar-refractivity contribution in [2.75, 3.05) is 18.4 Å². The molecule has 2 aliphatic rings. The summed E-state index contributed by atoms with van der Waals surface area (Å²) in [6, 6.07) is 9.90. The molecule has 2 fully saturated rings. The SMILES string of the molecule is Cc1nccc(NCc2cccc(C(=O)N3CCC(NC(=O)NC4CCCCC4)CC3)c2)n1. The lowest BCUT2D eigenvalue weighted by Crippen LogP contribution is -2.51. The number of nitrogens with zero attached hydrogens (tertiary/aromatic N) is 3. The van der Waals surface area contributed by atoms with Crippen molar-refractivity contribution in [3.05, 3.63) is 53.5 Å². The normalized spacial score (nSPS) is 17.4. The van der Waals surface area contributed by atoms with Crippen molar-refractivity contribution in [1.82, 2.24) is 25.5 Å². The van der Waals surface area contributed by atoms with Crippen LogP contribution in [-0.4, -0.2) is 52.0 Å². The fourth-order valence-electron chi connectivity index (χ4n) is 4.63. The van der Waals surface area contributed by atoms with Gasteiger partial charge >= 0.3 is 6.03 Å². The molecule has 8 nitrogen and oxygen atoms in total. The molecular weight excluding hydrogens is 416 g/mol. The minimum atomic E-state index is -0.0641. The van der Waals surface area contributed by atoms with Gasteiger partial charge in [-0.1, -0.05) is 31.4 Å². The number of carbonyl (C=O) groups excluding carboxylic acids is 2. The van der Waals surface area contributed by atoms with Crippen LogP contribution in [0.2, 0.25) is 0 Å². The van der Waals surface area contributed by atoms with E-state index in [1.54, 1.807) is 6.20 Å². The summed E-state index contributed by atoms with van der Waals surface area (Å²) >= 11 is 0. The molecule has 1 aromatic carbocycles. The van der Waals surface area contributed by atoms with Crippen molar-refractivity contribution < 1.29 is 9.59 Å². The second-order valence-electron chi connectivity index (χ2n) is 9.06. The van der Waals surface area contributed by atoms with Gasteiger partial charge in [0, 0.05) is 43.5 Å². The number of likely N-dealkylation sites (tertiary alicyclic amines) is 1. The second-order valence-corrected chi connectivity index (χ2v) is 9.06. The number of benzene rings is 1. The van der Waals surface area contributed by atoms with Crippen LogP contribution in [0.4, 0.5) is 10.6 Å². The molecule has 33 heavy (non-hydrogen) atoms. The maximum absolute atomic E-state index is 13.0. The predicted molar refractivity (Wildman–Crippen MR) is 128 cm³/mol. The van der Waals surface area contributed by atoms with Crippen molar-refractivity contribution in [2.24, 2.45) is 0 Å². The third kappa shape index (κ3) is 6.66. The largest absolute Gasteiger partial charge is 0.366 e. The quantitative estimate of drug-likeness (QED) is 0.624. The highest BCUT2D eigenvalue weighted by molar-refractivity contribution is 5.94. The predicted octanol–water partition coefficient (Wildman–Crippen LogP) is 3.63. The summed E-state index contributed by atoms with van der Waals surface area (Å²) in [4.78, 5) is 35.7. The smallest absolute Gasteiger partial charge is 0.315 e. The minimum absolute atomic E-state index is 0.0415. The molecule has 0 spiro atoms. The van der Waals surface area contributed by atoms with Gasteiger partial charge in [0.1, 0.15) is 11.6 Å². The number of aryl methyl sites for hydroxylation is 1. The van der Waals surface area contributed by atoms with Crippen LogP contribution in [0.5, 0.6) is 0 Å². The van der Waals surface area contributed by atoms with Crippen LogP contribution >= 0.6 is 0 Å². The number of piperidine rings is 1. The van der Waals surface area contributed by atoms with E-state index in [2.05, 4.69) is 25.9 Å². The van der Waals surface area contributed by atoms with Gasteiger partial charge in [0.15, 0.2) is 0 Å². The highest BCUT2D eigenvalue weighted by atomic mass is 16.2. The molecule has 1 aromatic heterocycles. The van der Waals surface area contributed by atoms with Gasteiger partial charge in [0.2, 0.25) is 0 Å². The first-order valence-electron chi connectivity index (χ1n) is 12.1. The lowest BCUT2D eigenvalue weighted by atomic mass is 9.96. The molecule has 2 aromatic rings. The number of rotatable bonds is 6. The Labute approximate surface area is 195 Å². The summed E-state index contributed by atoms with van der Waals surface area (Å²) in [6.07, 6.45) is 9.10. The monoisotopic (exact) mass is 450 g/mol. The van der Waals surface area contributed by atoms with E-state index < -0.39 is 0 Å². The Morgan fingerprint density at radius 2 is 1.73 bits per heavy atom. The molecule has 0 radical (unpaired) electrons. The molecule has 1 saturated heterocycles. The van der Waals surface area contributed by atoms with Crippen molar-refractivity contribution in [3.8, 4) is 0 Å². The van der Waals surface area contributed by atoms with E-state index in [4.69, 9.17) is 0 Å². The fourth-order valence-corrected chi connectivity index (χ4v) is 4.63. The molecule has 1 aliphatic heterocycles. The van der Waals surface area contributed by atoms with Crippen molar-refractivity contribution in [2.45, 2.75) is 70.5 Å². The molecule has 176 valence electrons. The standard InChI is InChI=1S/C25H34N6O2/c1-18-26-13-10-23(28-18)27-17-19-6-5-7-20(16-19)24(32)31-14-11-22(12-15-31)30-25(33)29-21-8-3-2-4-9-21/h5-7,10,13,16,21-22H,2-4,8-9,11-12,14-15,17H2,1H3,(H,26,27,28)(H2,29,30,33). The van der Waals surface area contributed by atoms with Gasteiger partial charge in [-0.05, 0) is 56.4 Å². The fraction of sp³-hybridized carbons (Fsp3) is 0.520. The highest BCUT2D eigenvalue weighted by Gasteiger charge is 2.25. The van der Waals surface area contributed by atoms with Gasteiger partial charge in [-0.25, -0.2) is 14.8 Å². The van der Waals surface area contributed by atoms with E-state index in [9.17, 15) is 9.59 Å². The van der Waals surface area contributed by atoms with Gasteiger partial charge in [-0.2, -0.15) is 0 Å². The molecule has 0 bridgehead atoms. The molecule has 3 amide bonds. The van der Waals surface area contributed by atoms with Crippen LogP contribution in [0.1, 0.15) is 66.7 Å². The number of anilines is 1. The third-order valence-electron chi connectivity index (χ3n) is 6.48. The van der Waals surface area contributed by atoms with E-state index in [1.807, 2.05) is 42.2 Å². The molecule has 4 rings (SSSR count). The number of carbonyl (C=O) groups is 2. The Morgan fingerprint density at radius 3 is 2.45 bits per heavy atom. The van der Waals surface area contributed by atoms with Gasteiger partial charge in [0.25, 0.3) is 5.91 Å². The van der Waals surface area contributed by atoms with E-state index in [0.717, 1.165) is 37.1 Å². The number of amides is 3. The zero-order valence-corrected chi connectivity index (χ0v) is 19.3. The van der Waals surface area contributed by atoms with Gasteiger partial charge < -0.3 is 20.9 Å². The zero-order valence-electron chi connectivity index (χ0n) is 19.3. The lowest BCUT2D eigenvalue weighted by molar-refractivity contribution is 0.0708. The van der Waals surface area contributed by atoms with E-state index in [-0.39, 0.29) is 18.0 Å². The van der Waals surface area contributed by atoms with E-state index >= 15 is 0 Å². The Balaban J connectivity index is 1.24. The first-order valence-corrected chi connectivity index (χ1v) is 12.1. The lowest BCUT2D eigenvalue weighted by Gasteiger charge is -2.33. The minimum Gasteiger partial charge on any atom is -0.366 e. The number of aromatic nitrogens is 2. The number of urea groups is 1.